The first kappa shape index (κ1) is 12.7. The van der Waals surface area contributed by atoms with Gasteiger partial charge in [-0.1, -0.05) is 0 Å². The van der Waals surface area contributed by atoms with Crippen LogP contribution in [0.15, 0.2) is 0 Å². The Hall–Kier alpha value is -1.33. The van der Waals surface area contributed by atoms with Crippen LogP contribution in [0, 0.1) is 5.41 Å². The molecule has 0 spiro atoms. The van der Waals surface area contributed by atoms with Crippen molar-refractivity contribution in [2.75, 3.05) is 6.54 Å². The first-order valence-corrected chi connectivity index (χ1v) is 4.05. The number of hydrogen-bond donors (Lipinski definition) is 1. The molecule has 0 saturated heterocycles. The maximum Gasteiger partial charge on any atom is 0.315 e. The number of Topliss-reactive ketones (excluding diaryl/α,β-unsaturated/α-hetero) is 1. The van der Waals surface area contributed by atoms with Crippen LogP contribution in [0.1, 0.15) is 13.8 Å². The molecule has 14 heavy (non-hydrogen) atoms. The second-order valence-corrected chi connectivity index (χ2v) is 2.65. The summed E-state index contributed by atoms with van der Waals surface area (Å²) < 4.78 is 24.1. The molecule has 6 heteroatoms. The van der Waals surface area contributed by atoms with Gasteiger partial charge in [0.05, 0.1) is 0 Å². The second kappa shape index (κ2) is 5.41. The molecule has 0 aliphatic carbocycles. The van der Waals surface area contributed by atoms with Crippen LogP contribution in [0.3, 0.4) is 0 Å². The van der Waals surface area contributed by atoms with Crippen molar-refractivity contribution in [1.29, 1.82) is 5.41 Å². The fraction of sp³-hybridized carbons (Fsp3) is 0.625. The van der Waals surface area contributed by atoms with Gasteiger partial charge in [0.25, 0.3) is 5.91 Å². The Bertz CT molecular complexity index is 243. The fourth-order valence-electron chi connectivity index (χ4n) is 1.04. The molecule has 80 valence electrons. The molecule has 0 aromatic carbocycles. The molecular weight excluding hydrogens is 194 g/mol. The van der Waals surface area contributed by atoms with E-state index in [4.69, 9.17) is 5.41 Å². The van der Waals surface area contributed by atoms with E-state index in [2.05, 4.69) is 0 Å². The van der Waals surface area contributed by atoms with Gasteiger partial charge in [-0.05, 0) is 13.8 Å². The molecule has 1 atom stereocenters. The number of nitrogens with one attached hydrogen (secondary N) is 1. The Morgan fingerprint density at radius 2 is 2.00 bits per heavy atom. The van der Waals surface area contributed by atoms with E-state index < -0.39 is 24.2 Å². The van der Waals surface area contributed by atoms with Crippen LogP contribution in [0.25, 0.3) is 0 Å². The normalized spacial score (nSPS) is 12.4. The molecule has 0 aliphatic rings. The molecule has 0 bridgehead atoms. The summed E-state index contributed by atoms with van der Waals surface area (Å²) in [5, 5.41) is 6.87. The highest BCUT2D eigenvalue weighted by Gasteiger charge is 2.29. The predicted molar refractivity (Wildman–Crippen MR) is 46.6 cm³/mol. The largest absolute Gasteiger partial charge is 0.323 e. The third kappa shape index (κ3) is 2.86. The van der Waals surface area contributed by atoms with Gasteiger partial charge >= 0.3 is 6.43 Å². The summed E-state index contributed by atoms with van der Waals surface area (Å²) in [7, 11) is 0. The maximum absolute atomic E-state index is 12.0. The maximum atomic E-state index is 12.0. The number of halogens is 2. The topological polar surface area (TPSA) is 61.2 Å². The molecule has 1 N–H and O–H groups in total. The van der Waals surface area contributed by atoms with E-state index in [-0.39, 0.29) is 6.54 Å². The van der Waals surface area contributed by atoms with E-state index in [1.54, 1.807) is 0 Å². The molecular formula is C8H12F2N2O2. The molecule has 0 aromatic heterocycles. The zero-order chi connectivity index (χ0) is 11.3. The SMILES string of the molecule is CCN(C(=O)C(F)F)C(C=N)C(C)=O. The minimum Gasteiger partial charge on any atom is -0.323 e. The van der Waals surface area contributed by atoms with Gasteiger partial charge in [0.15, 0.2) is 5.78 Å². The molecule has 1 unspecified atom stereocenters. The van der Waals surface area contributed by atoms with E-state index in [0.717, 1.165) is 6.92 Å². The molecule has 0 saturated carbocycles. The first-order chi connectivity index (χ1) is 6.45. The summed E-state index contributed by atoms with van der Waals surface area (Å²) in [5.74, 6) is -1.92. The lowest BCUT2D eigenvalue weighted by molar-refractivity contribution is -0.146. The highest BCUT2D eigenvalue weighted by atomic mass is 19.3. The summed E-state index contributed by atoms with van der Waals surface area (Å²) >= 11 is 0. The van der Waals surface area contributed by atoms with Crippen LogP contribution >= 0.6 is 0 Å². The van der Waals surface area contributed by atoms with Crippen molar-refractivity contribution in [2.45, 2.75) is 26.3 Å². The Balaban J connectivity index is 4.76. The lowest BCUT2D eigenvalue weighted by atomic mass is 10.2. The molecule has 0 rings (SSSR count). The van der Waals surface area contributed by atoms with Crippen LogP contribution in [0.4, 0.5) is 8.78 Å². The zero-order valence-corrected chi connectivity index (χ0v) is 7.96. The van der Waals surface area contributed by atoms with Crippen LogP contribution in [-0.4, -0.2) is 41.8 Å². The third-order valence-electron chi connectivity index (χ3n) is 1.72. The van der Waals surface area contributed by atoms with Gasteiger partial charge in [-0.15, -0.1) is 0 Å². The van der Waals surface area contributed by atoms with Gasteiger partial charge in [-0.25, -0.2) is 0 Å². The summed E-state index contributed by atoms with van der Waals surface area (Å²) in [6, 6.07) is -1.18. The summed E-state index contributed by atoms with van der Waals surface area (Å²) in [6.07, 6.45) is -2.46. The van der Waals surface area contributed by atoms with E-state index in [1.165, 1.54) is 6.92 Å². The molecule has 0 fully saturated rings. The number of likely N-dealkylation sites (N-methyl/N-ethyl adjacent to an activating group) is 1. The molecule has 4 nitrogen and oxygen atoms in total. The number of carbonyl (C=O) groups excluding carboxylic acids is 2. The highest BCUT2D eigenvalue weighted by Crippen LogP contribution is 2.05. The van der Waals surface area contributed by atoms with Crippen molar-refractivity contribution < 1.29 is 18.4 Å². The Labute approximate surface area is 80.4 Å². The number of amides is 1. The highest BCUT2D eigenvalue weighted by molar-refractivity contribution is 6.00. The van der Waals surface area contributed by atoms with E-state index in [1.807, 2.05) is 0 Å². The average Bonchev–Trinajstić information content (AvgIpc) is 2.11. The minimum atomic E-state index is -3.14. The van der Waals surface area contributed by atoms with Crippen molar-refractivity contribution in [3.05, 3.63) is 0 Å². The van der Waals surface area contributed by atoms with Crippen LogP contribution in [-0.2, 0) is 9.59 Å². The van der Waals surface area contributed by atoms with E-state index >= 15 is 0 Å². The average molecular weight is 206 g/mol. The molecule has 0 heterocycles. The smallest absolute Gasteiger partial charge is 0.315 e. The summed E-state index contributed by atoms with van der Waals surface area (Å²) in [5.41, 5.74) is 0. The minimum absolute atomic E-state index is 0.0250. The molecule has 0 radical (unpaired) electrons. The number of nitrogens with zero attached hydrogens (tertiary/aromatic N) is 1. The van der Waals surface area contributed by atoms with Crippen molar-refractivity contribution >= 4 is 17.9 Å². The van der Waals surface area contributed by atoms with Crippen LogP contribution < -0.4 is 0 Å². The third-order valence-corrected chi connectivity index (χ3v) is 1.72. The number of carbonyl (C=O) groups is 2. The lowest BCUT2D eigenvalue weighted by Crippen LogP contribution is -2.47. The molecule has 0 aliphatic heterocycles. The molecule has 1 amide bonds. The second-order valence-electron chi connectivity index (χ2n) is 2.65. The number of hydrogen-bond acceptors (Lipinski definition) is 3. The van der Waals surface area contributed by atoms with Crippen molar-refractivity contribution in [3.8, 4) is 0 Å². The molecule has 0 aromatic rings. The lowest BCUT2D eigenvalue weighted by Gasteiger charge is -2.25. The first-order valence-electron chi connectivity index (χ1n) is 4.05. The van der Waals surface area contributed by atoms with Gasteiger partial charge in [0, 0.05) is 12.8 Å². The van der Waals surface area contributed by atoms with Crippen molar-refractivity contribution in [2.24, 2.45) is 0 Å². The van der Waals surface area contributed by atoms with Gasteiger partial charge in [0.2, 0.25) is 0 Å². The van der Waals surface area contributed by atoms with Gasteiger partial charge in [-0.2, -0.15) is 8.78 Å². The van der Waals surface area contributed by atoms with Crippen LogP contribution in [0.2, 0.25) is 0 Å². The predicted octanol–water partition coefficient (Wildman–Crippen LogP) is 0.707. The standard InChI is InChI=1S/C8H12F2N2O2/c1-3-12(8(14)7(9)10)6(4-11)5(2)13/h4,6-7,11H,3H2,1-2H3. The monoisotopic (exact) mass is 206 g/mol. The van der Waals surface area contributed by atoms with Crippen molar-refractivity contribution in [1.82, 2.24) is 4.90 Å². The zero-order valence-electron chi connectivity index (χ0n) is 7.96. The fourth-order valence-corrected chi connectivity index (χ4v) is 1.04. The van der Waals surface area contributed by atoms with Gasteiger partial charge in [-0.3, -0.25) is 9.59 Å². The van der Waals surface area contributed by atoms with Gasteiger partial charge in [0.1, 0.15) is 6.04 Å². The Morgan fingerprint density at radius 1 is 1.50 bits per heavy atom. The number of ketones is 1. The summed E-state index contributed by atoms with van der Waals surface area (Å²) in [6.45, 7) is 2.60. The Kier molecular flexibility index (Phi) is 4.90. The number of alkyl halides is 2. The van der Waals surface area contributed by atoms with E-state index in [9.17, 15) is 18.4 Å². The van der Waals surface area contributed by atoms with E-state index in [0.29, 0.717) is 11.1 Å². The van der Waals surface area contributed by atoms with Gasteiger partial charge < -0.3 is 10.3 Å². The van der Waals surface area contributed by atoms with Crippen molar-refractivity contribution in [3.63, 3.8) is 0 Å². The Morgan fingerprint density at radius 3 is 2.21 bits per heavy atom. The number of rotatable bonds is 5. The van der Waals surface area contributed by atoms with Crippen LogP contribution in [0.5, 0.6) is 0 Å². The summed E-state index contributed by atoms with van der Waals surface area (Å²) in [4.78, 5) is 22.5. The quantitative estimate of drug-likeness (QED) is 0.673.